The molecule has 0 saturated carbocycles. The van der Waals surface area contributed by atoms with Gasteiger partial charge in [0.25, 0.3) is 5.91 Å². The van der Waals surface area contributed by atoms with Gasteiger partial charge in [-0.25, -0.2) is 9.99 Å². The SMILES string of the molecule is O=C(CN1CCC[C@H]1c1nc2ccccc2s1)N1N=C(c2ccco2)C[C@@H]1c1ccco1. The zero-order chi connectivity index (χ0) is 21.5. The van der Waals surface area contributed by atoms with Gasteiger partial charge >= 0.3 is 0 Å². The van der Waals surface area contributed by atoms with E-state index in [1.54, 1.807) is 28.9 Å². The van der Waals surface area contributed by atoms with E-state index >= 15 is 0 Å². The number of amides is 1. The Balaban J connectivity index is 1.25. The first-order chi connectivity index (χ1) is 15.8. The molecule has 1 amide bonds. The lowest BCUT2D eigenvalue weighted by atomic mass is 10.1. The van der Waals surface area contributed by atoms with E-state index in [0.717, 1.165) is 41.4 Å². The molecule has 2 aliphatic rings. The van der Waals surface area contributed by atoms with E-state index in [1.807, 2.05) is 42.5 Å². The zero-order valence-electron chi connectivity index (χ0n) is 17.4. The fraction of sp³-hybridized carbons (Fsp3) is 0.292. The number of nitrogens with zero attached hydrogens (tertiary/aromatic N) is 4. The average Bonchev–Trinajstić information content (AvgIpc) is 3.61. The molecule has 4 aromatic rings. The van der Waals surface area contributed by atoms with Crippen molar-refractivity contribution >= 4 is 33.2 Å². The maximum atomic E-state index is 13.5. The summed E-state index contributed by atoms with van der Waals surface area (Å²) in [5.74, 6) is 1.37. The molecule has 7 nitrogen and oxygen atoms in total. The molecule has 3 aromatic heterocycles. The molecule has 0 spiro atoms. The third kappa shape index (κ3) is 3.45. The molecule has 162 valence electrons. The van der Waals surface area contributed by atoms with Crippen LogP contribution in [0, 0.1) is 0 Å². The summed E-state index contributed by atoms with van der Waals surface area (Å²) in [4.78, 5) is 20.5. The molecule has 0 unspecified atom stereocenters. The number of likely N-dealkylation sites (tertiary alicyclic amines) is 1. The Hall–Kier alpha value is -3.23. The minimum absolute atomic E-state index is 0.0408. The predicted octanol–water partition coefficient (Wildman–Crippen LogP) is 5.00. The second kappa shape index (κ2) is 8.03. The highest BCUT2D eigenvalue weighted by molar-refractivity contribution is 7.18. The van der Waals surface area contributed by atoms with Crippen molar-refractivity contribution < 1.29 is 13.6 Å². The Bertz CT molecular complexity index is 1230. The Labute approximate surface area is 188 Å². The number of aromatic nitrogens is 1. The Morgan fingerprint density at radius 2 is 1.94 bits per heavy atom. The number of carbonyl (C=O) groups is 1. The van der Waals surface area contributed by atoms with E-state index < -0.39 is 0 Å². The van der Waals surface area contributed by atoms with E-state index in [2.05, 4.69) is 16.1 Å². The summed E-state index contributed by atoms with van der Waals surface area (Å²) in [6, 6.07) is 15.5. The number of carbonyl (C=O) groups excluding carboxylic acids is 1. The highest BCUT2D eigenvalue weighted by Gasteiger charge is 2.38. The normalized spacial score (nSPS) is 21.5. The van der Waals surface area contributed by atoms with Gasteiger partial charge < -0.3 is 8.83 Å². The number of thiazole rings is 1. The molecule has 5 heterocycles. The summed E-state index contributed by atoms with van der Waals surface area (Å²) in [7, 11) is 0. The van der Waals surface area contributed by atoms with Crippen LogP contribution < -0.4 is 0 Å². The van der Waals surface area contributed by atoms with Crippen LogP contribution in [0.1, 0.15) is 47.9 Å². The zero-order valence-corrected chi connectivity index (χ0v) is 18.2. The summed E-state index contributed by atoms with van der Waals surface area (Å²) in [6.07, 6.45) is 5.88. The van der Waals surface area contributed by atoms with Crippen LogP contribution in [0.2, 0.25) is 0 Å². The lowest BCUT2D eigenvalue weighted by Gasteiger charge is -2.26. The number of furan rings is 2. The van der Waals surface area contributed by atoms with Crippen LogP contribution in [0.15, 0.2) is 75.0 Å². The molecule has 1 saturated heterocycles. The van der Waals surface area contributed by atoms with Gasteiger partial charge in [-0.1, -0.05) is 12.1 Å². The molecule has 0 aliphatic carbocycles. The van der Waals surface area contributed by atoms with E-state index in [-0.39, 0.29) is 18.0 Å². The molecule has 0 radical (unpaired) electrons. The highest BCUT2D eigenvalue weighted by atomic mass is 32.1. The second-order valence-electron chi connectivity index (χ2n) is 8.15. The van der Waals surface area contributed by atoms with Gasteiger partial charge in [-0.15, -0.1) is 11.3 Å². The summed E-state index contributed by atoms with van der Waals surface area (Å²) in [6.45, 7) is 1.17. The predicted molar refractivity (Wildman–Crippen MR) is 121 cm³/mol. The maximum absolute atomic E-state index is 13.5. The minimum atomic E-state index is -0.263. The number of hydrazone groups is 1. The number of rotatable bonds is 5. The molecular formula is C24H22N4O3S. The van der Waals surface area contributed by atoms with Gasteiger partial charge in [0.15, 0.2) is 0 Å². The van der Waals surface area contributed by atoms with Gasteiger partial charge in [0.1, 0.15) is 28.3 Å². The number of para-hydroxylation sites is 1. The second-order valence-corrected chi connectivity index (χ2v) is 9.21. The largest absolute Gasteiger partial charge is 0.467 e. The van der Waals surface area contributed by atoms with Crippen LogP contribution in [0.3, 0.4) is 0 Å². The Morgan fingerprint density at radius 1 is 1.06 bits per heavy atom. The molecule has 32 heavy (non-hydrogen) atoms. The van der Waals surface area contributed by atoms with Crippen LogP contribution >= 0.6 is 11.3 Å². The van der Waals surface area contributed by atoms with Crippen molar-refractivity contribution in [1.29, 1.82) is 0 Å². The molecule has 0 bridgehead atoms. The van der Waals surface area contributed by atoms with Gasteiger partial charge in [-0.05, 0) is 55.8 Å². The molecule has 2 atom stereocenters. The van der Waals surface area contributed by atoms with Crippen molar-refractivity contribution in [2.75, 3.05) is 13.1 Å². The monoisotopic (exact) mass is 446 g/mol. The lowest BCUT2D eigenvalue weighted by molar-refractivity contribution is -0.134. The number of hydrogen-bond donors (Lipinski definition) is 0. The van der Waals surface area contributed by atoms with Crippen LogP contribution in [-0.2, 0) is 4.79 Å². The molecular weight excluding hydrogens is 424 g/mol. The molecule has 6 rings (SSSR count). The van der Waals surface area contributed by atoms with Gasteiger partial charge in [-0.3, -0.25) is 9.69 Å². The fourth-order valence-corrected chi connectivity index (χ4v) is 5.75. The van der Waals surface area contributed by atoms with Crippen LogP contribution in [0.25, 0.3) is 10.2 Å². The van der Waals surface area contributed by atoms with E-state index in [1.165, 1.54) is 4.70 Å². The van der Waals surface area contributed by atoms with Crippen LogP contribution in [0.5, 0.6) is 0 Å². The molecule has 2 aliphatic heterocycles. The molecule has 0 N–H and O–H groups in total. The standard InChI is InChI=1S/C24H22N4O3S/c29-23(15-27-11-3-7-18(27)24-25-16-6-1-2-10-22(16)32-24)28-19(21-9-5-13-31-21)14-17(26-28)20-8-4-12-30-20/h1-2,4-6,8-10,12-13,18-19H,3,7,11,14-15H2/t18-,19+/m0/s1. The third-order valence-electron chi connectivity index (χ3n) is 6.14. The first-order valence-corrected chi connectivity index (χ1v) is 11.6. The lowest BCUT2D eigenvalue weighted by Crippen LogP contribution is -2.38. The molecule has 1 fully saturated rings. The summed E-state index contributed by atoms with van der Waals surface area (Å²) in [5.41, 5.74) is 1.78. The Kier molecular flexibility index (Phi) is 4.88. The highest BCUT2D eigenvalue weighted by Crippen LogP contribution is 2.38. The van der Waals surface area contributed by atoms with Crippen molar-refractivity contribution in [1.82, 2.24) is 14.9 Å². The molecule has 1 aromatic carbocycles. The van der Waals surface area contributed by atoms with Crippen molar-refractivity contribution in [2.24, 2.45) is 5.10 Å². The topological polar surface area (TPSA) is 75.1 Å². The van der Waals surface area contributed by atoms with Crippen molar-refractivity contribution in [3.63, 3.8) is 0 Å². The summed E-state index contributed by atoms with van der Waals surface area (Å²) >= 11 is 1.72. The number of fused-ring (bicyclic) bond motifs is 1. The van der Waals surface area contributed by atoms with Crippen LogP contribution in [0.4, 0.5) is 0 Å². The fourth-order valence-electron chi connectivity index (χ4n) is 4.61. The van der Waals surface area contributed by atoms with Gasteiger partial charge in [0, 0.05) is 6.42 Å². The van der Waals surface area contributed by atoms with Crippen molar-refractivity contribution in [3.05, 3.63) is 77.6 Å². The van der Waals surface area contributed by atoms with E-state index in [4.69, 9.17) is 13.8 Å². The maximum Gasteiger partial charge on any atom is 0.257 e. The minimum Gasteiger partial charge on any atom is -0.467 e. The van der Waals surface area contributed by atoms with E-state index in [9.17, 15) is 4.79 Å². The number of benzene rings is 1. The quantitative estimate of drug-likeness (QED) is 0.431. The first kappa shape index (κ1) is 19.5. The van der Waals surface area contributed by atoms with Crippen molar-refractivity contribution in [3.8, 4) is 0 Å². The summed E-state index contributed by atoms with van der Waals surface area (Å²) < 4.78 is 12.4. The average molecular weight is 447 g/mol. The molecule has 8 heteroatoms. The van der Waals surface area contributed by atoms with Crippen LogP contribution in [-0.4, -0.2) is 39.6 Å². The van der Waals surface area contributed by atoms with Gasteiger partial charge in [0.05, 0.1) is 35.3 Å². The Morgan fingerprint density at radius 3 is 2.75 bits per heavy atom. The van der Waals surface area contributed by atoms with Crippen molar-refractivity contribution in [2.45, 2.75) is 31.3 Å². The van der Waals surface area contributed by atoms with E-state index in [0.29, 0.717) is 18.7 Å². The van der Waals surface area contributed by atoms with Gasteiger partial charge in [-0.2, -0.15) is 5.10 Å². The summed E-state index contributed by atoms with van der Waals surface area (Å²) in [5, 5.41) is 7.31. The number of hydrogen-bond acceptors (Lipinski definition) is 7. The first-order valence-electron chi connectivity index (χ1n) is 10.8. The third-order valence-corrected chi connectivity index (χ3v) is 7.28. The van der Waals surface area contributed by atoms with Gasteiger partial charge in [0.2, 0.25) is 0 Å². The smallest absolute Gasteiger partial charge is 0.257 e.